The van der Waals surface area contributed by atoms with Gasteiger partial charge in [0.05, 0.1) is 5.00 Å². The Morgan fingerprint density at radius 2 is 2.13 bits per heavy atom. The molecule has 1 aromatic carbocycles. The van der Waals surface area contributed by atoms with Crippen LogP contribution in [0.2, 0.25) is 5.02 Å². The summed E-state index contributed by atoms with van der Waals surface area (Å²) in [5, 5.41) is 1.66. The highest BCUT2D eigenvalue weighted by atomic mass is 35.5. The average Bonchev–Trinajstić information content (AvgIpc) is 2.45. The number of hydrogen-bond donors (Lipinski definition) is 1. The third-order valence-electron chi connectivity index (χ3n) is 2.32. The summed E-state index contributed by atoms with van der Waals surface area (Å²) >= 11 is 7.57. The second-order valence-corrected chi connectivity index (χ2v) is 5.26. The number of benzene rings is 1. The van der Waals surface area contributed by atoms with Gasteiger partial charge in [0, 0.05) is 9.90 Å². The first kappa shape index (κ1) is 10.5. The normalized spacial score (nSPS) is 10.5. The Morgan fingerprint density at radius 3 is 2.73 bits per heavy atom. The Hall–Kier alpha value is -0.990. The van der Waals surface area contributed by atoms with E-state index in [9.17, 15) is 0 Å². The molecule has 2 aromatic rings. The third-order valence-corrected chi connectivity index (χ3v) is 3.48. The summed E-state index contributed by atoms with van der Waals surface area (Å²) in [7, 11) is 0. The van der Waals surface area contributed by atoms with Gasteiger partial charge in [0.1, 0.15) is 0 Å². The molecule has 1 aromatic heterocycles. The molecule has 0 aliphatic heterocycles. The number of thiophene rings is 1. The maximum absolute atomic E-state index is 5.93. The number of nitrogen functional groups attached to an aromatic ring is 1. The molecule has 0 spiro atoms. The van der Waals surface area contributed by atoms with E-state index >= 15 is 0 Å². The van der Waals surface area contributed by atoms with Crippen molar-refractivity contribution in [1.29, 1.82) is 0 Å². The van der Waals surface area contributed by atoms with Gasteiger partial charge in [-0.05, 0) is 42.7 Å². The van der Waals surface area contributed by atoms with E-state index in [1.165, 1.54) is 16.0 Å². The number of aryl methyl sites for hydroxylation is 1. The molecule has 1 heterocycles. The lowest BCUT2D eigenvalue weighted by Crippen LogP contribution is -1.87. The predicted octanol–water partition coefficient (Wildman–Crippen LogP) is 3.88. The van der Waals surface area contributed by atoms with Crippen molar-refractivity contribution in [1.82, 2.24) is 0 Å². The zero-order valence-electron chi connectivity index (χ0n) is 8.46. The maximum atomic E-state index is 5.93. The summed E-state index contributed by atoms with van der Waals surface area (Å²) in [6, 6.07) is 9.98. The minimum Gasteiger partial charge on any atom is -0.391 e. The summed E-state index contributed by atoms with van der Waals surface area (Å²) in [5.41, 5.74) is 8.27. The van der Waals surface area contributed by atoms with Crippen LogP contribution in [0, 0.1) is 6.92 Å². The second kappa shape index (κ2) is 4.25. The zero-order chi connectivity index (χ0) is 10.8. The molecule has 0 radical (unpaired) electrons. The first-order chi connectivity index (χ1) is 7.15. The minimum absolute atomic E-state index is 0.786. The van der Waals surface area contributed by atoms with E-state index in [2.05, 4.69) is 13.0 Å². The smallest absolute Gasteiger partial charge is 0.0862 e. The molecule has 0 amide bonds. The van der Waals surface area contributed by atoms with Crippen LogP contribution in [-0.4, -0.2) is 0 Å². The molecule has 1 nitrogen and oxygen atoms in total. The van der Waals surface area contributed by atoms with Crippen molar-refractivity contribution in [3.05, 3.63) is 51.4 Å². The van der Waals surface area contributed by atoms with Crippen molar-refractivity contribution >= 4 is 27.9 Å². The molecule has 0 atom stereocenters. The van der Waals surface area contributed by atoms with Crippen molar-refractivity contribution < 1.29 is 0 Å². The van der Waals surface area contributed by atoms with Gasteiger partial charge < -0.3 is 5.73 Å². The Bertz CT molecular complexity index is 476. The largest absolute Gasteiger partial charge is 0.391 e. The fourth-order valence-electron chi connectivity index (χ4n) is 1.59. The molecule has 0 saturated carbocycles. The van der Waals surface area contributed by atoms with Crippen LogP contribution in [0.15, 0.2) is 30.3 Å². The van der Waals surface area contributed by atoms with E-state index in [1.807, 2.05) is 24.3 Å². The molecule has 0 saturated heterocycles. The third kappa shape index (κ3) is 2.52. The van der Waals surface area contributed by atoms with E-state index in [0.29, 0.717) is 0 Å². The highest BCUT2D eigenvalue weighted by molar-refractivity contribution is 7.16. The van der Waals surface area contributed by atoms with Gasteiger partial charge in [-0.25, -0.2) is 0 Å². The fraction of sp³-hybridized carbons (Fsp3) is 0.167. The molecule has 0 fully saturated rings. The van der Waals surface area contributed by atoms with Crippen LogP contribution in [0.3, 0.4) is 0 Å². The summed E-state index contributed by atoms with van der Waals surface area (Å²) in [5.74, 6) is 0. The van der Waals surface area contributed by atoms with Crippen molar-refractivity contribution in [2.75, 3.05) is 5.73 Å². The average molecular weight is 238 g/mol. The fourth-order valence-corrected chi connectivity index (χ4v) is 2.62. The van der Waals surface area contributed by atoms with Gasteiger partial charge in [0.25, 0.3) is 0 Å². The lowest BCUT2D eigenvalue weighted by molar-refractivity contribution is 1.19. The summed E-state index contributed by atoms with van der Waals surface area (Å²) < 4.78 is 0. The zero-order valence-corrected chi connectivity index (χ0v) is 10.0. The minimum atomic E-state index is 0.786. The number of hydrogen-bond acceptors (Lipinski definition) is 2. The lowest BCUT2D eigenvalue weighted by Gasteiger charge is -2.01. The number of rotatable bonds is 2. The van der Waals surface area contributed by atoms with Crippen LogP contribution in [-0.2, 0) is 6.42 Å². The van der Waals surface area contributed by atoms with Crippen LogP contribution >= 0.6 is 22.9 Å². The molecule has 2 rings (SSSR count). The quantitative estimate of drug-likeness (QED) is 0.843. The van der Waals surface area contributed by atoms with Crippen LogP contribution in [0.1, 0.15) is 16.0 Å². The summed E-state index contributed by atoms with van der Waals surface area (Å²) in [6.07, 6.45) is 0.903. The predicted molar refractivity (Wildman–Crippen MR) is 67.7 cm³/mol. The topological polar surface area (TPSA) is 26.0 Å². The molecule has 0 unspecified atom stereocenters. The Balaban J connectivity index is 2.25. The van der Waals surface area contributed by atoms with Crippen LogP contribution in [0.4, 0.5) is 5.00 Å². The molecular weight excluding hydrogens is 226 g/mol. The monoisotopic (exact) mass is 237 g/mol. The molecule has 0 aliphatic rings. The standard InChI is InChI=1S/C12H12ClNS/c1-8-10(7-12(14)15-8)5-9-3-2-4-11(13)6-9/h2-4,6-7H,5,14H2,1H3. The van der Waals surface area contributed by atoms with Crippen LogP contribution < -0.4 is 5.73 Å². The second-order valence-electron chi connectivity index (χ2n) is 3.54. The lowest BCUT2D eigenvalue weighted by atomic mass is 10.1. The van der Waals surface area contributed by atoms with Gasteiger partial charge in [0.2, 0.25) is 0 Å². The van der Waals surface area contributed by atoms with Gasteiger partial charge in [-0.15, -0.1) is 11.3 Å². The van der Waals surface area contributed by atoms with Crippen molar-refractivity contribution in [2.24, 2.45) is 0 Å². The molecule has 3 heteroatoms. The van der Waals surface area contributed by atoms with E-state index in [-0.39, 0.29) is 0 Å². The SMILES string of the molecule is Cc1sc(N)cc1Cc1cccc(Cl)c1. The summed E-state index contributed by atoms with van der Waals surface area (Å²) in [6.45, 7) is 2.10. The van der Waals surface area contributed by atoms with E-state index in [1.54, 1.807) is 11.3 Å². The van der Waals surface area contributed by atoms with Crippen LogP contribution in [0.5, 0.6) is 0 Å². The number of anilines is 1. The van der Waals surface area contributed by atoms with Crippen LogP contribution in [0.25, 0.3) is 0 Å². The van der Waals surface area contributed by atoms with Crippen molar-refractivity contribution in [2.45, 2.75) is 13.3 Å². The molecule has 0 aliphatic carbocycles. The first-order valence-electron chi connectivity index (χ1n) is 4.74. The Kier molecular flexibility index (Phi) is 2.98. The molecular formula is C12H12ClNS. The molecule has 0 bridgehead atoms. The van der Waals surface area contributed by atoms with Gasteiger partial charge in [-0.3, -0.25) is 0 Å². The Morgan fingerprint density at radius 1 is 1.33 bits per heavy atom. The van der Waals surface area contributed by atoms with Crippen molar-refractivity contribution in [3.8, 4) is 0 Å². The maximum Gasteiger partial charge on any atom is 0.0862 e. The number of halogens is 1. The molecule has 15 heavy (non-hydrogen) atoms. The van der Waals surface area contributed by atoms with Gasteiger partial charge >= 0.3 is 0 Å². The summed E-state index contributed by atoms with van der Waals surface area (Å²) in [4.78, 5) is 1.28. The highest BCUT2D eigenvalue weighted by Gasteiger charge is 2.04. The molecule has 2 N–H and O–H groups in total. The van der Waals surface area contributed by atoms with Gasteiger partial charge in [-0.2, -0.15) is 0 Å². The van der Waals surface area contributed by atoms with Crippen molar-refractivity contribution in [3.63, 3.8) is 0 Å². The first-order valence-corrected chi connectivity index (χ1v) is 5.94. The van der Waals surface area contributed by atoms with E-state index in [0.717, 1.165) is 16.4 Å². The highest BCUT2D eigenvalue weighted by Crippen LogP contribution is 2.26. The Labute approximate surface area is 98.5 Å². The molecule has 78 valence electrons. The number of nitrogens with two attached hydrogens (primary N) is 1. The van der Waals surface area contributed by atoms with E-state index in [4.69, 9.17) is 17.3 Å². The van der Waals surface area contributed by atoms with Gasteiger partial charge in [0.15, 0.2) is 0 Å². The van der Waals surface area contributed by atoms with Gasteiger partial charge in [-0.1, -0.05) is 23.7 Å². The van der Waals surface area contributed by atoms with E-state index < -0.39 is 0 Å².